The molecule has 28 heavy (non-hydrogen) atoms. The summed E-state index contributed by atoms with van der Waals surface area (Å²) in [5, 5.41) is 7.99. The first-order valence-corrected chi connectivity index (χ1v) is 9.86. The van der Waals surface area contributed by atoms with Gasteiger partial charge >= 0.3 is 0 Å². The summed E-state index contributed by atoms with van der Waals surface area (Å²) >= 11 is 1.53. The molecular formula is C22H20N4OS. The fraction of sp³-hybridized carbons (Fsp3) is 0.136. The van der Waals surface area contributed by atoms with Crippen LogP contribution < -0.4 is 5.32 Å². The summed E-state index contributed by atoms with van der Waals surface area (Å²) in [5.74, 6) is -0.0808. The third kappa shape index (κ3) is 3.77. The first kappa shape index (κ1) is 18.3. The number of hydrogen-bond donors (Lipinski definition) is 1. The van der Waals surface area contributed by atoms with Gasteiger partial charge in [-0.1, -0.05) is 48.5 Å². The number of rotatable bonds is 5. The maximum atomic E-state index is 13.2. The van der Waals surface area contributed by atoms with Crippen LogP contribution in [0.5, 0.6) is 0 Å². The van der Waals surface area contributed by atoms with Crippen molar-refractivity contribution in [1.82, 2.24) is 14.8 Å². The summed E-state index contributed by atoms with van der Waals surface area (Å²) in [4.78, 5) is 18.7. The highest BCUT2D eigenvalue weighted by molar-refractivity contribution is 8.00. The summed E-state index contributed by atoms with van der Waals surface area (Å²) < 4.78 is 1.74. The third-order valence-corrected chi connectivity index (χ3v) is 5.73. The van der Waals surface area contributed by atoms with Gasteiger partial charge in [0.25, 0.3) is 0 Å². The van der Waals surface area contributed by atoms with Crippen LogP contribution in [-0.4, -0.2) is 20.7 Å². The van der Waals surface area contributed by atoms with Gasteiger partial charge in [0.2, 0.25) is 5.91 Å². The SMILES string of the molecule is Cc1nn(C)c2ncc(NC(=O)[C@H](Sc3ccccc3)c3ccccc3)cc12. The van der Waals surface area contributed by atoms with E-state index in [0.717, 1.165) is 27.2 Å². The van der Waals surface area contributed by atoms with E-state index in [1.165, 1.54) is 11.8 Å². The van der Waals surface area contributed by atoms with Gasteiger partial charge in [0.15, 0.2) is 5.65 Å². The van der Waals surface area contributed by atoms with Crippen molar-refractivity contribution in [2.45, 2.75) is 17.1 Å². The second kappa shape index (κ2) is 7.86. The van der Waals surface area contributed by atoms with Crippen LogP contribution in [0.2, 0.25) is 0 Å². The van der Waals surface area contributed by atoms with E-state index < -0.39 is 0 Å². The number of thioether (sulfide) groups is 1. The standard InChI is InChI=1S/C22H20N4OS/c1-15-19-13-17(14-23-21(19)26(2)25-15)24-22(27)20(16-9-5-3-6-10-16)28-18-11-7-4-8-12-18/h3-14,20H,1-2H3,(H,24,27)/t20-/m1/s1. The van der Waals surface area contributed by atoms with E-state index in [9.17, 15) is 4.79 Å². The van der Waals surface area contributed by atoms with Crippen LogP contribution in [0.1, 0.15) is 16.5 Å². The lowest BCUT2D eigenvalue weighted by Crippen LogP contribution is -2.19. The Balaban J connectivity index is 1.63. The topological polar surface area (TPSA) is 59.8 Å². The van der Waals surface area contributed by atoms with E-state index in [4.69, 9.17) is 0 Å². The molecule has 140 valence electrons. The minimum atomic E-state index is -0.366. The number of aryl methyl sites for hydroxylation is 2. The molecule has 0 aliphatic rings. The fourth-order valence-corrected chi connectivity index (χ4v) is 4.17. The first-order valence-electron chi connectivity index (χ1n) is 8.98. The highest BCUT2D eigenvalue weighted by Crippen LogP contribution is 2.36. The molecule has 0 fully saturated rings. The molecule has 0 aliphatic heterocycles. The van der Waals surface area contributed by atoms with Crippen molar-refractivity contribution in [1.29, 1.82) is 0 Å². The summed E-state index contributed by atoms with van der Waals surface area (Å²) in [6.07, 6.45) is 1.68. The molecule has 0 bridgehead atoms. The number of nitrogens with zero attached hydrogens (tertiary/aromatic N) is 3. The van der Waals surface area contributed by atoms with Crippen LogP contribution in [0.4, 0.5) is 5.69 Å². The monoisotopic (exact) mass is 388 g/mol. The maximum absolute atomic E-state index is 13.2. The van der Waals surface area contributed by atoms with Gasteiger partial charge in [0, 0.05) is 17.3 Å². The Morgan fingerprint density at radius 1 is 1.07 bits per heavy atom. The molecule has 1 atom stereocenters. The largest absolute Gasteiger partial charge is 0.323 e. The molecule has 1 N–H and O–H groups in total. The molecule has 2 aromatic heterocycles. The van der Waals surface area contributed by atoms with Crippen LogP contribution in [0.25, 0.3) is 11.0 Å². The van der Waals surface area contributed by atoms with E-state index in [-0.39, 0.29) is 11.2 Å². The first-order chi connectivity index (χ1) is 13.6. The van der Waals surface area contributed by atoms with Crippen LogP contribution >= 0.6 is 11.8 Å². The van der Waals surface area contributed by atoms with Gasteiger partial charge in [-0.25, -0.2) is 4.98 Å². The maximum Gasteiger partial charge on any atom is 0.242 e. The molecule has 2 aromatic carbocycles. The molecule has 4 rings (SSSR count). The summed E-state index contributed by atoms with van der Waals surface area (Å²) in [5.41, 5.74) is 3.32. The molecule has 2 heterocycles. The number of pyridine rings is 1. The van der Waals surface area contributed by atoms with E-state index in [1.807, 2.05) is 80.7 Å². The minimum absolute atomic E-state index is 0.0808. The number of amides is 1. The Bertz CT molecular complexity index is 1110. The van der Waals surface area contributed by atoms with Crippen LogP contribution in [0.3, 0.4) is 0 Å². The second-order valence-electron chi connectivity index (χ2n) is 6.52. The molecule has 0 saturated heterocycles. The Kier molecular flexibility index (Phi) is 5.12. The lowest BCUT2D eigenvalue weighted by molar-refractivity contribution is -0.115. The second-order valence-corrected chi connectivity index (χ2v) is 7.69. The molecular weight excluding hydrogens is 368 g/mol. The summed E-state index contributed by atoms with van der Waals surface area (Å²) in [7, 11) is 1.86. The van der Waals surface area contributed by atoms with Gasteiger partial charge in [-0.05, 0) is 30.7 Å². The molecule has 1 amide bonds. The Hall–Kier alpha value is -3.12. The smallest absolute Gasteiger partial charge is 0.242 e. The van der Waals surface area contributed by atoms with E-state index >= 15 is 0 Å². The molecule has 4 aromatic rings. The average Bonchev–Trinajstić information content (AvgIpc) is 3.01. The fourth-order valence-electron chi connectivity index (χ4n) is 3.12. The van der Waals surface area contributed by atoms with Crippen LogP contribution in [0, 0.1) is 6.92 Å². The molecule has 0 saturated carbocycles. The zero-order chi connectivity index (χ0) is 19.5. The normalized spacial score (nSPS) is 12.1. The third-order valence-electron chi connectivity index (χ3n) is 4.47. The van der Waals surface area contributed by atoms with Crippen molar-refractivity contribution >= 4 is 34.4 Å². The zero-order valence-corrected chi connectivity index (χ0v) is 16.5. The van der Waals surface area contributed by atoms with E-state index in [0.29, 0.717) is 5.69 Å². The minimum Gasteiger partial charge on any atom is -0.323 e. The van der Waals surface area contributed by atoms with Crippen molar-refractivity contribution in [3.63, 3.8) is 0 Å². The number of hydrogen-bond acceptors (Lipinski definition) is 4. The number of aromatic nitrogens is 3. The molecule has 0 radical (unpaired) electrons. The molecule has 6 heteroatoms. The predicted molar refractivity (Wildman–Crippen MR) is 113 cm³/mol. The quantitative estimate of drug-likeness (QED) is 0.501. The highest BCUT2D eigenvalue weighted by atomic mass is 32.2. The van der Waals surface area contributed by atoms with Crippen LogP contribution in [0.15, 0.2) is 77.8 Å². The molecule has 5 nitrogen and oxygen atoms in total. The predicted octanol–water partition coefficient (Wildman–Crippen LogP) is 4.75. The van der Waals surface area contributed by atoms with Crippen molar-refractivity contribution in [2.75, 3.05) is 5.32 Å². The van der Waals surface area contributed by atoms with Crippen molar-refractivity contribution in [2.24, 2.45) is 7.05 Å². The van der Waals surface area contributed by atoms with Gasteiger partial charge in [-0.2, -0.15) is 5.10 Å². The average molecular weight is 388 g/mol. The number of nitrogens with one attached hydrogen (secondary N) is 1. The summed E-state index contributed by atoms with van der Waals surface area (Å²) in [6, 6.07) is 21.7. The number of benzene rings is 2. The van der Waals surface area contributed by atoms with E-state index in [1.54, 1.807) is 10.9 Å². The van der Waals surface area contributed by atoms with Crippen molar-refractivity contribution in [3.8, 4) is 0 Å². The Morgan fingerprint density at radius 2 is 1.75 bits per heavy atom. The lowest BCUT2D eigenvalue weighted by atomic mass is 10.1. The van der Waals surface area contributed by atoms with Gasteiger partial charge in [-0.3, -0.25) is 9.48 Å². The molecule has 0 aliphatic carbocycles. The van der Waals surface area contributed by atoms with Crippen molar-refractivity contribution in [3.05, 3.63) is 84.2 Å². The lowest BCUT2D eigenvalue weighted by Gasteiger charge is -2.17. The summed E-state index contributed by atoms with van der Waals surface area (Å²) in [6.45, 7) is 1.94. The molecule has 0 unspecified atom stereocenters. The van der Waals surface area contributed by atoms with Crippen LogP contribution in [-0.2, 0) is 11.8 Å². The molecule has 0 spiro atoms. The number of carbonyl (C=O) groups excluding carboxylic acids is 1. The van der Waals surface area contributed by atoms with Gasteiger partial charge in [-0.15, -0.1) is 11.8 Å². The Morgan fingerprint density at radius 3 is 2.46 bits per heavy atom. The number of fused-ring (bicyclic) bond motifs is 1. The van der Waals surface area contributed by atoms with Gasteiger partial charge < -0.3 is 5.32 Å². The Labute approximate surface area is 167 Å². The van der Waals surface area contributed by atoms with E-state index in [2.05, 4.69) is 15.4 Å². The van der Waals surface area contributed by atoms with Crippen molar-refractivity contribution < 1.29 is 4.79 Å². The van der Waals surface area contributed by atoms with Gasteiger partial charge in [0.05, 0.1) is 17.6 Å². The number of anilines is 1. The zero-order valence-electron chi connectivity index (χ0n) is 15.7. The number of carbonyl (C=O) groups is 1. The van der Waals surface area contributed by atoms with Gasteiger partial charge in [0.1, 0.15) is 5.25 Å². The highest BCUT2D eigenvalue weighted by Gasteiger charge is 2.22.